The number of hydrogen-bond donors (Lipinski definition) is 0. The fourth-order valence-corrected chi connectivity index (χ4v) is 0.0304. The zero-order chi connectivity index (χ0) is 4.12. The second-order valence-corrected chi connectivity index (χ2v) is 0.414. The zero-order valence-electron chi connectivity index (χ0n) is 2.51. The normalized spacial score (nSPS) is 5.80. The van der Waals surface area contributed by atoms with E-state index in [-0.39, 0.29) is 0 Å². The molecule has 0 aromatic rings. The number of hydrogen-bond acceptors (Lipinski definition) is 1. The molecule has 0 heterocycles. The molecule has 0 amide bonds. The molecule has 0 radical (unpaired) electrons. The van der Waals surface area contributed by atoms with E-state index >= 15 is 0 Å². The van der Waals surface area contributed by atoms with Crippen LogP contribution in [-0.2, 0) is 4.70 Å². The average molecular weight is 71.9 g/mol. The van der Waals surface area contributed by atoms with Crippen molar-refractivity contribution < 1.29 is 9.54 Å². The monoisotopic (exact) mass is 72.0 g/mol. The summed E-state index contributed by atoms with van der Waals surface area (Å²) in [6.45, 7) is 0.861. The van der Waals surface area contributed by atoms with E-state index in [9.17, 15) is 0 Å². The first-order valence-electron chi connectivity index (χ1n) is 1.05. The van der Waals surface area contributed by atoms with Gasteiger partial charge in [0.25, 0.3) is 0 Å². The molecule has 4 heteroatoms. The van der Waals surface area contributed by atoms with Crippen molar-refractivity contribution in [2.45, 2.75) is 0 Å². The van der Waals surface area contributed by atoms with Crippen molar-refractivity contribution in [3.05, 3.63) is 12.4 Å². The molecule has 0 aliphatic heterocycles. The van der Waals surface area contributed by atoms with Crippen LogP contribution in [0, 0.1) is 6.51 Å². The van der Waals surface area contributed by atoms with E-state index in [2.05, 4.69) is 4.84 Å². The predicted octanol–water partition coefficient (Wildman–Crippen LogP) is 0.132. The van der Waals surface area contributed by atoms with Gasteiger partial charge in [-0.3, -0.25) is 0 Å². The third-order valence-corrected chi connectivity index (χ3v) is 0.135. The first-order chi connectivity index (χ1) is 2.41. The van der Waals surface area contributed by atoms with E-state index in [0.29, 0.717) is 7.15 Å². The summed E-state index contributed by atoms with van der Waals surface area (Å²) in [6, 6.07) is 0. The summed E-state index contributed by atoms with van der Waals surface area (Å²) >= 11 is 0. The van der Waals surface area contributed by atoms with Gasteiger partial charge in [-0.2, -0.15) is 0 Å². The summed E-state index contributed by atoms with van der Waals surface area (Å²) in [6.07, 6.45) is 0. The van der Waals surface area contributed by atoms with Crippen LogP contribution in [0.3, 0.4) is 0 Å². The van der Waals surface area contributed by atoms with Crippen LogP contribution >= 0.6 is 0 Å². The van der Waals surface area contributed by atoms with Gasteiger partial charge in [-0.1, -0.05) is 0 Å². The van der Waals surface area contributed by atoms with Crippen LogP contribution in [0.5, 0.6) is 0 Å². The Bertz CT molecular complexity index is 30.8. The molecule has 0 unspecified atom stereocenters. The minimum atomic E-state index is 0.451. The van der Waals surface area contributed by atoms with Crippen molar-refractivity contribution in [3.8, 4) is 0 Å². The quantitative estimate of drug-likeness (QED) is 0.198. The van der Waals surface area contributed by atoms with Gasteiger partial charge in [0.1, 0.15) is 0 Å². The van der Waals surface area contributed by atoms with Crippen LogP contribution < -0.4 is 0 Å². The standard InChI is InChI=1S/CH3BNO2/c3-5-1-2-4/h1,3,5H/q-1. The van der Waals surface area contributed by atoms with E-state index in [1.807, 2.05) is 0 Å². The summed E-state index contributed by atoms with van der Waals surface area (Å²) < 4.78 is 9.14. The van der Waals surface area contributed by atoms with Crippen LogP contribution in [0.15, 0.2) is 0 Å². The van der Waals surface area contributed by atoms with E-state index in [4.69, 9.17) is 10.6 Å². The Morgan fingerprint density at radius 3 is 2.60 bits per heavy atom. The summed E-state index contributed by atoms with van der Waals surface area (Å²) in [7, 11) is 0.451. The molecular formula is CH3BNO2-. The van der Waals surface area contributed by atoms with E-state index < -0.39 is 0 Å². The molecular weight excluding hydrogens is 68.8 g/mol. The molecule has 0 spiro atoms. The summed E-state index contributed by atoms with van der Waals surface area (Å²) in [4.78, 5) is 2.61. The number of aliphatic hydroxyl groups is 1. The van der Waals surface area contributed by atoms with Gasteiger partial charge < -0.3 is 0 Å². The molecule has 0 aromatic heterocycles. The third-order valence-electron chi connectivity index (χ3n) is 0.135. The molecule has 0 rings (SSSR count). The zero-order valence-corrected chi connectivity index (χ0v) is 2.51. The first-order valence-corrected chi connectivity index (χ1v) is 1.05. The van der Waals surface area contributed by atoms with Crippen molar-refractivity contribution in [2.24, 2.45) is 0 Å². The van der Waals surface area contributed by atoms with Crippen molar-refractivity contribution in [1.29, 1.82) is 0 Å². The maximum atomic E-state index is 9.14. The Kier molecular flexibility index (Phi) is 3.40. The Labute approximate surface area is 30.3 Å². The molecule has 5 heavy (non-hydrogen) atoms. The SMILES string of the molecule is [NH-][OH+][CH-]B=O. The molecule has 0 aliphatic rings. The van der Waals surface area contributed by atoms with E-state index in [0.717, 1.165) is 6.51 Å². The minimum absolute atomic E-state index is 0.451. The second-order valence-electron chi connectivity index (χ2n) is 0.414. The van der Waals surface area contributed by atoms with E-state index in [1.165, 1.54) is 0 Å². The summed E-state index contributed by atoms with van der Waals surface area (Å²) in [5, 5.41) is 0. The predicted molar refractivity (Wildman–Crippen MR) is 16.8 cm³/mol. The van der Waals surface area contributed by atoms with Gasteiger partial charge in [0, 0.05) is 0 Å². The third kappa shape index (κ3) is 3.65. The first kappa shape index (κ1) is 4.65. The van der Waals surface area contributed by atoms with E-state index in [1.54, 1.807) is 0 Å². The fraction of sp³-hybridized carbons (Fsp3) is 0. The van der Waals surface area contributed by atoms with Crippen LogP contribution in [-0.4, -0.2) is 12.0 Å². The molecule has 3 nitrogen and oxygen atoms in total. The van der Waals surface area contributed by atoms with Crippen molar-refractivity contribution in [2.75, 3.05) is 0 Å². The molecule has 0 fully saturated rings. The number of nitrogens with one attached hydrogen (secondary N) is 1. The second kappa shape index (κ2) is 3.65. The van der Waals surface area contributed by atoms with Gasteiger partial charge in [0.05, 0.1) is 0 Å². The Morgan fingerprint density at radius 1 is 2.00 bits per heavy atom. The molecule has 0 aliphatic carbocycles. The summed E-state index contributed by atoms with van der Waals surface area (Å²) in [5.41, 5.74) is 0. The maximum absolute atomic E-state index is 9.14. The Morgan fingerprint density at radius 2 is 2.60 bits per heavy atom. The van der Waals surface area contributed by atoms with Gasteiger partial charge in [-0.15, -0.1) is 0 Å². The van der Waals surface area contributed by atoms with Crippen molar-refractivity contribution in [3.63, 3.8) is 0 Å². The molecule has 2 N–H and O–H groups in total. The van der Waals surface area contributed by atoms with Crippen LogP contribution in [0.25, 0.3) is 5.90 Å². The van der Waals surface area contributed by atoms with Gasteiger partial charge in [-0.05, 0) is 0 Å². The Balaban J connectivity index is 2.40. The molecule has 28 valence electrons. The Hall–Kier alpha value is -0.345. The molecule has 0 saturated carbocycles. The van der Waals surface area contributed by atoms with Crippen LogP contribution in [0.2, 0.25) is 0 Å². The topological polar surface area (TPSA) is 53.7 Å². The van der Waals surface area contributed by atoms with Gasteiger partial charge in [-0.25, -0.2) is 0 Å². The molecule has 0 aromatic carbocycles. The van der Waals surface area contributed by atoms with Crippen LogP contribution in [0.1, 0.15) is 0 Å². The molecule has 0 saturated heterocycles. The summed E-state index contributed by atoms with van der Waals surface area (Å²) in [5.74, 6) is 5.94. The van der Waals surface area contributed by atoms with Crippen molar-refractivity contribution in [1.82, 2.24) is 0 Å². The van der Waals surface area contributed by atoms with Gasteiger partial charge in [0.2, 0.25) is 0 Å². The van der Waals surface area contributed by atoms with Crippen LogP contribution in [0.4, 0.5) is 0 Å². The van der Waals surface area contributed by atoms with Crippen molar-refractivity contribution >= 4 is 7.15 Å². The molecule has 0 bridgehead atoms. The molecule has 0 atom stereocenters. The average Bonchev–Trinajstić information content (AvgIpc) is 1.41. The fourth-order valence-electron chi connectivity index (χ4n) is 0.0304. The van der Waals surface area contributed by atoms with Gasteiger partial charge >= 0.3 is 29.1 Å². The van der Waals surface area contributed by atoms with Gasteiger partial charge in [0.15, 0.2) is 0 Å². The number of rotatable bonds is 2.